The highest BCUT2D eigenvalue weighted by atomic mass is 14.9. The number of hydrogen-bond acceptors (Lipinski definition) is 1. The molecule has 1 N–H and O–H groups in total. The number of nitrogens with one attached hydrogen (secondary N) is 1. The maximum atomic E-state index is 3.68. The molecule has 1 aromatic rings. The summed E-state index contributed by atoms with van der Waals surface area (Å²) in [6.07, 6.45) is 9.31. The summed E-state index contributed by atoms with van der Waals surface area (Å²) < 4.78 is 0. The summed E-state index contributed by atoms with van der Waals surface area (Å²) in [4.78, 5) is 0. The standard InChI is InChI=1S/C16H23N/c1-3-6-14-9-11-15(12-10-14)13(2)17-16-7-4-5-8-16/h4-5,9-13,16-17H,3,6-8H2,1-2H3. The van der Waals surface area contributed by atoms with E-state index in [1.54, 1.807) is 0 Å². The Morgan fingerprint density at radius 2 is 1.82 bits per heavy atom. The summed E-state index contributed by atoms with van der Waals surface area (Å²) in [6, 6.07) is 10.2. The van der Waals surface area contributed by atoms with Gasteiger partial charge in [0.05, 0.1) is 0 Å². The smallest absolute Gasteiger partial charge is 0.0294 e. The molecule has 1 heteroatoms. The van der Waals surface area contributed by atoms with Crippen LogP contribution in [0.2, 0.25) is 0 Å². The number of rotatable bonds is 5. The van der Waals surface area contributed by atoms with E-state index in [1.807, 2.05) is 0 Å². The largest absolute Gasteiger partial charge is 0.307 e. The summed E-state index contributed by atoms with van der Waals surface area (Å²) in [7, 11) is 0. The van der Waals surface area contributed by atoms with Crippen LogP contribution in [0.3, 0.4) is 0 Å². The molecule has 0 spiro atoms. The van der Waals surface area contributed by atoms with Gasteiger partial charge in [-0.1, -0.05) is 49.8 Å². The fraction of sp³-hybridized carbons (Fsp3) is 0.500. The van der Waals surface area contributed by atoms with Crippen molar-refractivity contribution in [1.82, 2.24) is 5.32 Å². The Morgan fingerprint density at radius 3 is 2.41 bits per heavy atom. The van der Waals surface area contributed by atoms with Crippen LogP contribution in [0, 0.1) is 0 Å². The van der Waals surface area contributed by atoms with Crippen LogP contribution in [0.1, 0.15) is 50.3 Å². The molecule has 1 aliphatic carbocycles. The van der Waals surface area contributed by atoms with E-state index in [9.17, 15) is 0 Å². The molecule has 0 aromatic heterocycles. The minimum absolute atomic E-state index is 0.454. The van der Waals surface area contributed by atoms with Crippen LogP contribution in [-0.4, -0.2) is 6.04 Å². The Bertz CT molecular complexity index is 356. The van der Waals surface area contributed by atoms with Crippen LogP contribution >= 0.6 is 0 Å². The molecule has 0 saturated carbocycles. The lowest BCUT2D eigenvalue weighted by Crippen LogP contribution is -2.29. The van der Waals surface area contributed by atoms with Crippen LogP contribution in [0.15, 0.2) is 36.4 Å². The summed E-state index contributed by atoms with van der Waals surface area (Å²) in [5.74, 6) is 0. The van der Waals surface area contributed by atoms with E-state index >= 15 is 0 Å². The lowest BCUT2D eigenvalue weighted by molar-refractivity contribution is 0.471. The maximum Gasteiger partial charge on any atom is 0.0294 e. The molecule has 0 fully saturated rings. The molecule has 1 atom stereocenters. The van der Waals surface area contributed by atoms with Gasteiger partial charge in [-0.25, -0.2) is 0 Å². The predicted molar refractivity (Wildman–Crippen MR) is 74.1 cm³/mol. The van der Waals surface area contributed by atoms with Gasteiger partial charge in [-0.15, -0.1) is 0 Å². The fourth-order valence-corrected chi connectivity index (χ4v) is 2.46. The van der Waals surface area contributed by atoms with Gasteiger partial charge in [-0.3, -0.25) is 0 Å². The van der Waals surface area contributed by atoms with Crippen molar-refractivity contribution in [2.75, 3.05) is 0 Å². The Kier molecular flexibility index (Phi) is 4.38. The highest BCUT2D eigenvalue weighted by Crippen LogP contribution is 2.18. The lowest BCUT2D eigenvalue weighted by Gasteiger charge is -2.19. The first-order valence-corrected chi connectivity index (χ1v) is 6.79. The summed E-state index contributed by atoms with van der Waals surface area (Å²) >= 11 is 0. The Hall–Kier alpha value is -1.08. The molecule has 0 heterocycles. The third-order valence-corrected chi connectivity index (χ3v) is 3.51. The van der Waals surface area contributed by atoms with E-state index in [0.29, 0.717) is 12.1 Å². The molecule has 0 amide bonds. The molecule has 1 unspecified atom stereocenters. The van der Waals surface area contributed by atoms with Crippen molar-refractivity contribution in [3.05, 3.63) is 47.5 Å². The van der Waals surface area contributed by atoms with Gasteiger partial charge in [-0.2, -0.15) is 0 Å². The van der Waals surface area contributed by atoms with E-state index in [-0.39, 0.29) is 0 Å². The van der Waals surface area contributed by atoms with Gasteiger partial charge in [0.15, 0.2) is 0 Å². The van der Waals surface area contributed by atoms with Crippen molar-refractivity contribution in [1.29, 1.82) is 0 Å². The Balaban J connectivity index is 1.91. The summed E-state index contributed by atoms with van der Waals surface area (Å²) in [5, 5.41) is 3.68. The average Bonchev–Trinajstić information content (AvgIpc) is 2.83. The fourth-order valence-electron chi connectivity index (χ4n) is 2.46. The highest BCUT2D eigenvalue weighted by Gasteiger charge is 2.13. The second-order valence-corrected chi connectivity index (χ2v) is 5.02. The minimum Gasteiger partial charge on any atom is -0.307 e. The number of hydrogen-bond donors (Lipinski definition) is 1. The molecule has 92 valence electrons. The van der Waals surface area contributed by atoms with Gasteiger partial charge >= 0.3 is 0 Å². The Labute approximate surface area is 105 Å². The minimum atomic E-state index is 0.454. The molecule has 0 bridgehead atoms. The molecule has 2 rings (SSSR count). The van der Waals surface area contributed by atoms with Crippen LogP contribution in [0.5, 0.6) is 0 Å². The monoisotopic (exact) mass is 229 g/mol. The predicted octanol–water partition coefficient (Wildman–Crippen LogP) is 4.01. The SMILES string of the molecule is CCCc1ccc(C(C)NC2CC=CC2)cc1. The van der Waals surface area contributed by atoms with Crippen molar-refractivity contribution >= 4 is 0 Å². The zero-order valence-electron chi connectivity index (χ0n) is 10.9. The van der Waals surface area contributed by atoms with Crippen LogP contribution in [-0.2, 0) is 6.42 Å². The van der Waals surface area contributed by atoms with E-state index in [1.165, 1.54) is 36.8 Å². The van der Waals surface area contributed by atoms with E-state index in [4.69, 9.17) is 0 Å². The van der Waals surface area contributed by atoms with Crippen molar-refractivity contribution in [3.63, 3.8) is 0 Å². The van der Waals surface area contributed by atoms with Gasteiger partial charge in [0.1, 0.15) is 0 Å². The first kappa shape index (κ1) is 12.4. The van der Waals surface area contributed by atoms with Gasteiger partial charge in [-0.05, 0) is 37.3 Å². The molecule has 1 aromatic carbocycles. The molecule has 17 heavy (non-hydrogen) atoms. The second kappa shape index (κ2) is 6.02. The van der Waals surface area contributed by atoms with Crippen molar-refractivity contribution in [3.8, 4) is 0 Å². The molecular weight excluding hydrogens is 206 g/mol. The van der Waals surface area contributed by atoms with Gasteiger partial charge in [0, 0.05) is 12.1 Å². The quantitative estimate of drug-likeness (QED) is 0.752. The van der Waals surface area contributed by atoms with Crippen LogP contribution < -0.4 is 5.32 Å². The third kappa shape index (κ3) is 3.44. The molecular formula is C16H23N. The first-order valence-electron chi connectivity index (χ1n) is 6.79. The number of benzene rings is 1. The lowest BCUT2D eigenvalue weighted by atomic mass is 10.0. The van der Waals surface area contributed by atoms with Gasteiger partial charge in [0.25, 0.3) is 0 Å². The van der Waals surface area contributed by atoms with Gasteiger partial charge < -0.3 is 5.32 Å². The van der Waals surface area contributed by atoms with Crippen molar-refractivity contribution in [2.24, 2.45) is 0 Å². The zero-order valence-corrected chi connectivity index (χ0v) is 10.9. The molecule has 1 nitrogen and oxygen atoms in total. The Morgan fingerprint density at radius 1 is 1.18 bits per heavy atom. The van der Waals surface area contributed by atoms with Crippen molar-refractivity contribution < 1.29 is 0 Å². The number of aryl methyl sites for hydroxylation is 1. The third-order valence-electron chi connectivity index (χ3n) is 3.51. The highest BCUT2D eigenvalue weighted by molar-refractivity contribution is 5.25. The van der Waals surface area contributed by atoms with E-state index in [0.717, 1.165) is 0 Å². The normalized spacial score (nSPS) is 17.5. The first-order chi connectivity index (χ1) is 8.29. The maximum absolute atomic E-state index is 3.68. The summed E-state index contributed by atoms with van der Waals surface area (Å²) in [6.45, 7) is 4.48. The summed E-state index contributed by atoms with van der Waals surface area (Å²) in [5.41, 5.74) is 2.85. The molecule has 0 saturated heterocycles. The van der Waals surface area contributed by atoms with Crippen molar-refractivity contribution in [2.45, 2.75) is 51.6 Å². The van der Waals surface area contributed by atoms with E-state index in [2.05, 4.69) is 55.6 Å². The topological polar surface area (TPSA) is 12.0 Å². The second-order valence-electron chi connectivity index (χ2n) is 5.02. The van der Waals surface area contributed by atoms with Gasteiger partial charge in [0.2, 0.25) is 0 Å². The molecule has 1 aliphatic rings. The van der Waals surface area contributed by atoms with E-state index < -0.39 is 0 Å². The molecule has 0 aliphatic heterocycles. The van der Waals surface area contributed by atoms with Crippen LogP contribution in [0.4, 0.5) is 0 Å². The molecule has 0 radical (unpaired) electrons. The average molecular weight is 229 g/mol. The van der Waals surface area contributed by atoms with Crippen LogP contribution in [0.25, 0.3) is 0 Å². The zero-order chi connectivity index (χ0) is 12.1.